The number of rotatable bonds is 6. The van der Waals surface area contributed by atoms with E-state index in [1.807, 2.05) is 25.1 Å². The second-order valence-corrected chi connectivity index (χ2v) is 5.56. The van der Waals surface area contributed by atoms with E-state index in [0.717, 1.165) is 17.1 Å². The molecule has 0 amide bonds. The highest BCUT2D eigenvalue weighted by atomic mass is 32.2. The molecule has 0 saturated heterocycles. The molecule has 96 valence electrons. The number of aliphatic hydroxyl groups is 1. The Morgan fingerprint density at radius 2 is 2.12 bits per heavy atom. The maximum atomic E-state index is 9.47. The van der Waals surface area contributed by atoms with Gasteiger partial charge in [-0.3, -0.25) is 0 Å². The van der Waals surface area contributed by atoms with E-state index < -0.39 is 0 Å². The van der Waals surface area contributed by atoms with Gasteiger partial charge in [-0.05, 0) is 31.5 Å². The van der Waals surface area contributed by atoms with Gasteiger partial charge in [-0.25, -0.2) is 0 Å². The van der Waals surface area contributed by atoms with Crippen LogP contribution in [0.25, 0.3) is 0 Å². The minimum Gasteiger partial charge on any atom is -0.491 e. The number of aliphatic hydroxyl groups excluding tert-OH is 1. The molecule has 2 unspecified atom stereocenters. The molecule has 0 aliphatic heterocycles. The van der Waals surface area contributed by atoms with Crippen molar-refractivity contribution in [3.8, 4) is 5.75 Å². The van der Waals surface area contributed by atoms with Gasteiger partial charge in [-0.2, -0.15) is 0 Å². The molecule has 0 fully saturated rings. The van der Waals surface area contributed by atoms with E-state index in [9.17, 15) is 5.11 Å². The summed E-state index contributed by atoms with van der Waals surface area (Å²) in [6.45, 7) is 6.52. The summed E-state index contributed by atoms with van der Waals surface area (Å²) < 4.78 is 5.57. The van der Waals surface area contributed by atoms with Crippen LogP contribution in [0.15, 0.2) is 23.1 Å². The van der Waals surface area contributed by atoms with Gasteiger partial charge in [0.15, 0.2) is 0 Å². The van der Waals surface area contributed by atoms with Crippen LogP contribution in [0, 0.1) is 0 Å². The summed E-state index contributed by atoms with van der Waals surface area (Å²) in [6, 6.07) is 5.74. The molecule has 0 saturated carbocycles. The van der Waals surface area contributed by atoms with Crippen LogP contribution in [0.2, 0.25) is 0 Å². The van der Waals surface area contributed by atoms with Gasteiger partial charge in [0, 0.05) is 10.1 Å². The van der Waals surface area contributed by atoms with Crippen molar-refractivity contribution in [3.05, 3.63) is 18.2 Å². The molecule has 1 rings (SSSR count). The predicted molar refractivity (Wildman–Crippen MR) is 73.6 cm³/mol. The molecule has 2 atom stereocenters. The largest absolute Gasteiger partial charge is 0.491 e. The monoisotopic (exact) mass is 255 g/mol. The van der Waals surface area contributed by atoms with Crippen molar-refractivity contribution in [2.24, 2.45) is 0 Å². The first-order chi connectivity index (χ1) is 8.04. The molecule has 0 radical (unpaired) electrons. The highest BCUT2D eigenvalue weighted by molar-refractivity contribution is 8.00. The summed E-state index contributed by atoms with van der Waals surface area (Å²) in [4.78, 5) is 1.07. The van der Waals surface area contributed by atoms with Gasteiger partial charge in [0.1, 0.15) is 5.75 Å². The van der Waals surface area contributed by atoms with Gasteiger partial charge in [-0.15, -0.1) is 11.8 Å². The number of hydrogen-bond donors (Lipinski definition) is 2. The van der Waals surface area contributed by atoms with Crippen molar-refractivity contribution in [1.82, 2.24) is 0 Å². The second-order valence-electron chi connectivity index (χ2n) is 4.11. The fourth-order valence-electron chi connectivity index (χ4n) is 1.24. The Morgan fingerprint density at radius 3 is 2.71 bits per heavy atom. The number of nitrogens with two attached hydrogens (primary N) is 1. The third kappa shape index (κ3) is 4.48. The van der Waals surface area contributed by atoms with Gasteiger partial charge < -0.3 is 15.6 Å². The van der Waals surface area contributed by atoms with Crippen molar-refractivity contribution in [2.75, 3.05) is 12.3 Å². The minimum atomic E-state index is -0.336. The molecule has 4 heteroatoms. The minimum absolute atomic E-state index is 0.151. The van der Waals surface area contributed by atoms with Crippen LogP contribution in [0.5, 0.6) is 5.75 Å². The Kier molecular flexibility index (Phi) is 5.65. The molecule has 17 heavy (non-hydrogen) atoms. The van der Waals surface area contributed by atoms with Gasteiger partial charge in [-0.1, -0.05) is 13.8 Å². The molecule has 0 aliphatic rings. The number of nitrogen functional groups attached to an aromatic ring is 1. The van der Waals surface area contributed by atoms with Crippen LogP contribution < -0.4 is 10.5 Å². The number of hydrogen-bond acceptors (Lipinski definition) is 4. The van der Waals surface area contributed by atoms with E-state index in [1.165, 1.54) is 0 Å². The van der Waals surface area contributed by atoms with Crippen LogP contribution in [0.3, 0.4) is 0 Å². The summed E-state index contributed by atoms with van der Waals surface area (Å²) >= 11 is 1.62. The molecule has 3 N–H and O–H groups in total. The van der Waals surface area contributed by atoms with Crippen LogP contribution in [0.1, 0.15) is 27.2 Å². The molecule has 3 nitrogen and oxygen atoms in total. The van der Waals surface area contributed by atoms with E-state index in [4.69, 9.17) is 10.5 Å². The second kappa shape index (κ2) is 6.77. The molecule has 0 aliphatic carbocycles. The highest BCUT2D eigenvalue weighted by Gasteiger charge is 2.11. The SMILES string of the molecule is CCCOc1cc(SC(C)C(C)O)ccc1N. The van der Waals surface area contributed by atoms with E-state index >= 15 is 0 Å². The molecule has 1 aromatic carbocycles. The van der Waals surface area contributed by atoms with Crippen molar-refractivity contribution in [3.63, 3.8) is 0 Å². The summed E-state index contributed by atoms with van der Waals surface area (Å²) in [6.07, 6.45) is 0.624. The average molecular weight is 255 g/mol. The van der Waals surface area contributed by atoms with Gasteiger partial charge in [0.05, 0.1) is 18.4 Å². The lowest BCUT2D eigenvalue weighted by atomic mass is 10.3. The van der Waals surface area contributed by atoms with Crippen molar-refractivity contribution in [1.29, 1.82) is 0 Å². The smallest absolute Gasteiger partial charge is 0.143 e. The first-order valence-corrected chi connectivity index (χ1v) is 6.79. The van der Waals surface area contributed by atoms with Crippen LogP contribution in [-0.2, 0) is 0 Å². The Labute approximate surface area is 107 Å². The Balaban J connectivity index is 2.74. The number of ether oxygens (including phenoxy) is 1. The quantitative estimate of drug-likeness (QED) is 0.606. The predicted octanol–water partition coefficient (Wildman–Crippen LogP) is 2.92. The van der Waals surface area contributed by atoms with Crippen LogP contribution in [-0.4, -0.2) is 23.1 Å². The molecule has 0 heterocycles. The Morgan fingerprint density at radius 1 is 1.41 bits per heavy atom. The van der Waals surface area contributed by atoms with Crippen molar-refractivity contribution in [2.45, 2.75) is 43.4 Å². The maximum absolute atomic E-state index is 9.47. The molecular weight excluding hydrogens is 234 g/mol. The van der Waals surface area contributed by atoms with Gasteiger partial charge in [0.2, 0.25) is 0 Å². The summed E-state index contributed by atoms with van der Waals surface area (Å²) in [5, 5.41) is 9.62. The Hall–Kier alpha value is -0.870. The summed E-state index contributed by atoms with van der Waals surface area (Å²) in [7, 11) is 0. The molecule has 1 aromatic rings. The number of benzene rings is 1. The third-order valence-electron chi connectivity index (χ3n) is 2.45. The van der Waals surface area contributed by atoms with Gasteiger partial charge in [0.25, 0.3) is 0 Å². The normalized spacial score (nSPS) is 14.4. The van der Waals surface area contributed by atoms with E-state index in [1.54, 1.807) is 18.7 Å². The van der Waals surface area contributed by atoms with E-state index in [0.29, 0.717) is 12.3 Å². The summed E-state index contributed by atoms with van der Waals surface area (Å²) in [5.74, 6) is 0.731. The molecule has 0 spiro atoms. The number of thioether (sulfide) groups is 1. The third-order valence-corrected chi connectivity index (χ3v) is 3.74. The topological polar surface area (TPSA) is 55.5 Å². The summed E-state index contributed by atoms with van der Waals surface area (Å²) in [5.41, 5.74) is 6.50. The first kappa shape index (κ1) is 14.2. The lowest BCUT2D eigenvalue weighted by Crippen LogP contribution is -2.14. The molecule has 0 bridgehead atoms. The lowest BCUT2D eigenvalue weighted by molar-refractivity contribution is 0.196. The van der Waals surface area contributed by atoms with Gasteiger partial charge >= 0.3 is 0 Å². The zero-order valence-corrected chi connectivity index (χ0v) is 11.5. The fourth-order valence-corrected chi connectivity index (χ4v) is 2.19. The zero-order chi connectivity index (χ0) is 12.8. The van der Waals surface area contributed by atoms with E-state index in [2.05, 4.69) is 6.92 Å². The zero-order valence-electron chi connectivity index (χ0n) is 10.6. The number of anilines is 1. The Bertz CT molecular complexity index is 355. The molecular formula is C13H21NO2S. The first-order valence-electron chi connectivity index (χ1n) is 5.91. The van der Waals surface area contributed by atoms with Crippen LogP contribution in [0.4, 0.5) is 5.69 Å². The van der Waals surface area contributed by atoms with Crippen molar-refractivity contribution < 1.29 is 9.84 Å². The average Bonchev–Trinajstić information content (AvgIpc) is 2.29. The fraction of sp³-hybridized carbons (Fsp3) is 0.538. The standard InChI is InChI=1S/C13H21NO2S/c1-4-7-16-13-8-11(5-6-12(13)14)17-10(3)9(2)15/h5-6,8-10,15H,4,7,14H2,1-3H3. The highest BCUT2D eigenvalue weighted by Crippen LogP contribution is 2.31. The molecule has 0 aromatic heterocycles. The van der Waals surface area contributed by atoms with E-state index in [-0.39, 0.29) is 11.4 Å². The van der Waals surface area contributed by atoms with Crippen molar-refractivity contribution >= 4 is 17.4 Å². The van der Waals surface area contributed by atoms with Crippen LogP contribution >= 0.6 is 11.8 Å². The maximum Gasteiger partial charge on any atom is 0.143 e. The lowest BCUT2D eigenvalue weighted by Gasteiger charge is -2.15.